The number of unbranched alkanes of at least 4 members (excludes halogenated alkanes) is 5. The van der Waals surface area contributed by atoms with Gasteiger partial charge in [0.15, 0.2) is 0 Å². The Bertz CT molecular complexity index is 603. The molecule has 4 saturated carbocycles. The van der Waals surface area contributed by atoms with Gasteiger partial charge in [-0.2, -0.15) is 0 Å². The minimum absolute atomic E-state index is 0.0517. The Kier molecular flexibility index (Phi) is 5.38. The van der Waals surface area contributed by atoms with Crippen molar-refractivity contribution in [1.29, 1.82) is 0 Å². The number of aliphatic hydroxyl groups is 1. The van der Waals surface area contributed by atoms with Crippen molar-refractivity contribution < 1.29 is 9.84 Å². The molecule has 1 aliphatic heterocycles. The Balaban J connectivity index is 1.25. The summed E-state index contributed by atoms with van der Waals surface area (Å²) in [6.45, 7) is 7.56. The summed E-state index contributed by atoms with van der Waals surface area (Å²) >= 11 is 0. The zero-order valence-electron chi connectivity index (χ0n) is 19.4. The second-order valence-corrected chi connectivity index (χ2v) is 12.3. The summed E-state index contributed by atoms with van der Waals surface area (Å²) in [5.74, 6) is 3.66. The Morgan fingerprint density at radius 1 is 0.897 bits per heavy atom. The number of fused-ring (bicyclic) bond motifs is 4. The van der Waals surface area contributed by atoms with E-state index in [4.69, 9.17) is 4.74 Å². The van der Waals surface area contributed by atoms with E-state index in [1.165, 1.54) is 83.5 Å². The molecule has 9 atom stereocenters. The predicted molar refractivity (Wildman–Crippen MR) is 119 cm³/mol. The zero-order valence-corrected chi connectivity index (χ0v) is 19.4. The van der Waals surface area contributed by atoms with E-state index in [-0.39, 0.29) is 11.7 Å². The molecular weight excluding hydrogens is 356 g/mol. The summed E-state index contributed by atoms with van der Waals surface area (Å²) < 4.78 is 6.49. The molecule has 2 nitrogen and oxygen atoms in total. The molecule has 5 rings (SSSR count). The number of aliphatic hydroxyl groups excluding tert-OH is 1. The molecule has 166 valence electrons. The minimum Gasteiger partial charge on any atom is -0.393 e. The third kappa shape index (κ3) is 3.09. The van der Waals surface area contributed by atoms with Crippen molar-refractivity contribution >= 4 is 0 Å². The molecule has 0 bridgehead atoms. The van der Waals surface area contributed by atoms with Crippen molar-refractivity contribution in [2.75, 3.05) is 0 Å². The SMILES string of the molecule is CCCCCCCCC1CCC2C3C[C@@H]4O[C@@]45C[C@H](O)CC[C@]5(C)C3CC[C@]12C. The van der Waals surface area contributed by atoms with Crippen LogP contribution in [-0.4, -0.2) is 22.9 Å². The standard InChI is InChI=1S/C27H46O2/c1-4-5-6-7-8-9-10-19-11-12-22-21-17-24-27(29-24)18-20(28)13-16-26(27,3)23(21)14-15-25(19,22)2/h19-24,28H,4-18H2,1-3H3/t19?,20-,21?,22?,23?,24+,25-,26-,27+/m1/s1. The smallest absolute Gasteiger partial charge is 0.103 e. The van der Waals surface area contributed by atoms with Crippen LogP contribution in [-0.2, 0) is 4.74 Å². The summed E-state index contributed by atoms with van der Waals surface area (Å²) in [5, 5.41) is 10.3. The summed E-state index contributed by atoms with van der Waals surface area (Å²) in [7, 11) is 0. The van der Waals surface area contributed by atoms with Gasteiger partial charge in [0.25, 0.3) is 0 Å². The predicted octanol–water partition coefficient (Wildman–Crippen LogP) is 6.89. The summed E-state index contributed by atoms with van der Waals surface area (Å²) in [5.41, 5.74) is 0.985. The van der Waals surface area contributed by atoms with E-state index in [0.717, 1.165) is 36.5 Å². The van der Waals surface area contributed by atoms with Crippen molar-refractivity contribution in [3.63, 3.8) is 0 Å². The van der Waals surface area contributed by atoms with Crippen LogP contribution in [0.1, 0.15) is 117 Å². The first kappa shape index (κ1) is 20.8. The Morgan fingerprint density at radius 3 is 2.52 bits per heavy atom. The van der Waals surface area contributed by atoms with E-state index in [9.17, 15) is 5.11 Å². The maximum Gasteiger partial charge on any atom is 0.103 e. The van der Waals surface area contributed by atoms with Crippen LogP contribution in [0.5, 0.6) is 0 Å². The van der Waals surface area contributed by atoms with E-state index < -0.39 is 0 Å². The van der Waals surface area contributed by atoms with Crippen LogP contribution >= 0.6 is 0 Å². The first-order valence-corrected chi connectivity index (χ1v) is 13.3. The fourth-order valence-electron chi connectivity index (χ4n) is 9.41. The van der Waals surface area contributed by atoms with Crippen molar-refractivity contribution in [3.05, 3.63) is 0 Å². The van der Waals surface area contributed by atoms with Crippen LogP contribution in [0, 0.1) is 34.5 Å². The highest BCUT2D eigenvalue weighted by Crippen LogP contribution is 2.74. The third-order valence-corrected chi connectivity index (χ3v) is 11.2. The van der Waals surface area contributed by atoms with Gasteiger partial charge in [-0.15, -0.1) is 0 Å². The van der Waals surface area contributed by atoms with Gasteiger partial charge in [0.05, 0.1) is 12.2 Å². The fraction of sp³-hybridized carbons (Fsp3) is 1.00. The van der Waals surface area contributed by atoms with Gasteiger partial charge < -0.3 is 9.84 Å². The number of ether oxygens (including phenoxy) is 1. The molecule has 5 fully saturated rings. The van der Waals surface area contributed by atoms with Crippen molar-refractivity contribution in [1.82, 2.24) is 0 Å². The Labute approximate surface area is 179 Å². The number of epoxide rings is 1. The average molecular weight is 403 g/mol. The molecule has 0 amide bonds. The van der Waals surface area contributed by atoms with Gasteiger partial charge in [0.1, 0.15) is 5.60 Å². The van der Waals surface area contributed by atoms with Crippen LogP contribution in [0.25, 0.3) is 0 Å². The molecule has 2 heteroatoms. The van der Waals surface area contributed by atoms with Crippen LogP contribution in [0.4, 0.5) is 0 Å². The number of rotatable bonds is 7. The highest BCUT2D eigenvalue weighted by atomic mass is 16.6. The molecule has 0 aromatic carbocycles. The lowest BCUT2D eigenvalue weighted by molar-refractivity contribution is -0.114. The van der Waals surface area contributed by atoms with Gasteiger partial charge in [-0.1, -0.05) is 59.3 Å². The van der Waals surface area contributed by atoms with E-state index in [1.807, 2.05) is 0 Å². The van der Waals surface area contributed by atoms with E-state index in [2.05, 4.69) is 20.8 Å². The van der Waals surface area contributed by atoms with E-state index >= 15 is 0 Å². The van der Waals surface area contributed by atoms with Gasteiger partial charge >= 0.3 is 0 Å². The average Bonchev–Trinajstić information content (AvgIpc) is 3.28. The Hall–Kier alpha value is -0.0800. The van der Waals surface area contributed by atoms with Crippen molar-refractivity contribution in [2.24, 2.45) is 34.5 Å². The maximum atomic E-state index is 10.3. The molecule has 1 spiro atoms. The third-order valence-electron chi connectivity index (χ3n) is 11.2. The largest absolute Gasteiger partial charge is 0.393 e. The molecule has 1 heterocycles. The summed E-state index contributed by atoms with van der Waals surface area (Å²) in [6.07, 6.45) is 20.7. The topological polar surface area (TPSA) is 32.8 Å². The number of hydrogen-bond acceptors (Lipinski definition) is 2. The molecule has 0 aromatic heterocycles. The molecule has 5 aliphatic rings. The van der Waals surface area contributed by atoms with Crippen LogP contribution < -0.4 is 0 Å². The summed E-state index contributed by atoms with van der Waals surface area (Å²) in [4.78, 5) is 0. The monoisotopic (exact) mass is 402 g/mol. The highest BCUT2D eigenvalue weighted by molar-refractivity contribution is 5.24. The molecule has 1 saturated heterocycles. The van der Waals surface area contributed by atoms with Crippen LogP contribution in [0.15, 0.2) is 0 Å². The fourth-order valence-corrected chi connectivity index (χ4v) is 9.41. The summed E-state index contributed by atoms with van der Waals surface area (Å²) in [6, 6.07) is 0. The zero-order chi connectivity index (χ0) is 20.3. The molecule has 29 heavy (non-hydrogen) atoms. The molecule has 4 aliphatic carbocycles. The van der Waals surface area contributed by atoms with Crippen molar-refractivity contribution in [2.45, 2.75) is 135 Å². The molecule has 0 aromatic rings. The van der Waals surface area contributed by atoms with Gasteiger partial charge in [0, 0.05) is 11.8 Å². The lowest BCUT2D eigenvalue weighted by Crippen LogP contribution is -2.58. The van der Waals surface area contributed by atoms with E-state index in [1.54, 1.807) is 0 Å². The lowest BCUT2D eigenvalue weighted by atomic mass is 9.44. The molecule has 4 unspecified atom stereocenters. The van der Waals surface area contributed by atoms with Crippen molar-refractivity contribution in [3.8, 4) is 0 Å². The molecule has 1 N–H and O–H groups in total. The maximum absolute atomic E-state index is 10.3. The lowest BCUT2D eigenvalue weighted by Gasteiger charge is -2.59. The van der Waals surface area contributed by atoms with Gasteiger partial charge in [0.2, 0.25) is 0 Å². The minimum atomic E-state index is -0.119. The Morgan fingerprint density at radius 2 is 1.69 bits per heavy atom. The first-order chi connectivity index (χ1) is 13.9. The molecule has 0 radical (unpaired) electrons. The molecular formula is C27H46O2. The van der Waals surface area contributed by atoms with E-state index in [0.29, 0.717) is 16.9 Å². The van der Waals surface area contributed by atoms with Gasteiger partial charge in [-0.3, -0.25) is 0 Å². The normalized spacial score (nSPS) is 53.0. The van der Waals surface area contributed by atoms with Crippen LogP contribution in [0.2, 0.25) is 0 Å². The van der Waals surface area contributed by atoms with Crippen LogP contribution in [0.3, 0.4) is 0 Å². The second-order valence-electron chi connectivity index (χ2n) is 12.3. The quantitative estimate of drug-likeness (QED) is 0.371. The second kappa shape index (κ2) is 7.51. The van der Waals surface area contributed by atoms with Gasteiger partial charge in [-0.05, 0) is 80.5 Å². The van der Waals surface area contributed by atoms with Gasteiger partial charge in [-0.25, -0.2) is 0 Å². The number of hydrogen-bond donors (Lipinski definition) is 1. The first-order valence-electron chi connectivity index (χ1n) is 13.3. The highest BCUT2D eigenvalue weighted by Gasteiger charge is 2.75.